The second-order valence-electron chi connectivity index (χ2n) is 2.64. The summed E-state index contributed by atoms with van der Waals surface area (Å²) in [6.07, 6.45) is 2.65. The molecule has 1 fully saturated rings. The lowest BCUT2D eigenvalue weighted by atomic mass is 10.2. The van der Waals surface area contributed by atoms with E-state index in [2.05, 4.69) is 0 Å². The first kappa shape index (κ1) is 9.44. The number of rotatable bonds is 3. The van der Waals surface area contributed by atoms with Gasteiger partial charge in [0, 0.05) is 6.61 Å². The van der Waals surface area contributed by atoms with Gasteiger partial charge in [-0.3, -0.25) is 10.0 Å². The maximum atomic E-state index is 10.5. The summed E-state index contributed by atoms with van der Waals surface area (Å²) in [6.45, 7) is 0.534. The van der Waals surface area contributed by atoms with Crippen LogP contribution >= 0.6 is 0 Å². The first-order valence-corrected chi connectivity index (χ1v) is 3.99. The fraction of sp³-hybridized carbons (Fsp3) is 0.857. The van der Waals surface area contributed by atoms with Gasteiger partial charge in [0.1, 0.15) is 6.61 Å². The standard InChI is InChI=1S/C7H13NO4/c9-6(8-10)5-12-7-3-1-2-4-11-7/h7,10H,1-5H2,(H,8,9). The molecule has 0 spiro atoms. The Morgan fingerprint density at radius 1 is 1.67 bits per heavy atom. The topological polar surface area (TPSA) is 67.8 Å². The van der Waals surface area contributed by atoms with Crippen molar-refractivity contribution in [2.45, 2.75) is 25.6 Å². The highest BCUT2D eigenvalue weighted by molar-refractivity contribution is 5.75. The number of carbonyl (C=O) groups is 1. The Balaban J connectivity index is 2.09. The van der Waals surface area contributed by atoms with Crippen LogP contribution in [0.25, 0.3) is 0 Å². The maximum absolute atomic E-state index is 10.5. The summed E-state index contributed by atoms with van der Waals surface area (Å²) >= 11 is 0. The SMILES string of the molecule is O=C(COC1CCCCO1)NO. The van der Waals surface area contributed by atoms with Gasteiger partial charge in [-0.1, -0.05) is 0 Å². The first-order valence-electron chi connectivity index (χ1n) is 3.99. The van der Waals surface area contributed by atoms with Gasteiger partial charge in [-0.05, 0) is 19.3 Å². The molecular weight excluding hydrogens is 162 g/mol. The zero-order valence-corrected chi connectivity index (χ0v) is 6.78. The zero-order valence-electron chi connectivity index (χ0n) is 6.78. The summed E-state index contributed by atoms with van der Waals surface area (Å²) in [7, 11) is 0. The molecule has 0 saturated carbocycles. The average Bonchev–Trinajstić information content (AvgIpc) is 2.16. The van der Waals surface area contributed by atoms with Gasteiger partial charge in [-0.15, -0.1) is 0 Å². The Bertz CT molecular complexity index is 144. The zero-order chi connectivity index (χ0) is 8.81. The molecule has 1 amide bonds. The van der Waals surface area contributed by atoms with Gasteiger partial charge < -0.3 is 9.47 Å². The molecule has 0 aromatic carbocycles. The van der Waals surface area contributed by atoms with Crippen molar-refractivity contribution in [3.63, 3.8) is 0 Å². The molecule has 1 saturated heterocycles. The normalized spacial score (nSPS) is 23.6. The van der Waals surface area contributed by atoms with Crippen LogP contribution in [0.15, 0.2) is 0 Å². The Labute approximate surface area is 70.6 Å². The molecule has 1 aliphatic rings. The smallest absolute Gasteiger partial charge is 0.269 e. The molecule has 0 aliphatic carbocycles. The Kier molecular flexibility index (Phi) is 3.99. The van der Waals surface area contributed by atoms with Crippen LogP contribution in [0.5, 0.6) is 0 Å². The molecule has 2 N–H and O–H groups in total. The van der Waals surface area contributed by atoms with Crippen molar-refractivity contribution in [1.82, 2.24) is 5.48 Å². The fourth-order valence-electron chi connectivity index (χ4n) is 1.04. The van der Waals surface area contributed by atoms with Crippen LogP contribution < -0.4 is 5.48 Å². The van der Waals surface area contributed by atoms with E-state index in [9.17, 15) is 4.79 Å². The molecule has 0 radical (unpaired) electrons. The quantitative estimate of drug-likeness (QED) is 0.469. The van der Waals surface area contributed by atoms with Crippen LogP contribution in [0.3, 0.4) is 0 Å². The van der Waals surface area contributed by atoms with Crippen molar-refractivity contribution >= 4 is 5.91 Å². The van der Waals surface area contributed by atoms with E-state index >= 15 is 0 Å². The van der Waals surface area contributed by atoms with E-state index in [4.69, 9.17) is 14.7 Å². The maximum Gasteiger partial charge on any atom is 0.269 e. The highest BCUT2D eigenvalue weighted by Crippen LogP contribution is 2.12. The third-order valence-electron chi connectivity index (χ3n) is 1.66. The molecule has 1 aliphatic heterocycles. The van der Waals surface area contributed by atoms with Crippen molar-refractivity contribution in [2.24, 2.45) is 0 Å². The summed E-state index contributed by atoms with van der Waals surface area (Å²) < 4.78 is 10.2. The summed E-state index contributed by atoms with van der Waals surface area (Å²) in [4.78, 5) is 10.5. The average molecular weight is 175 g/mol. The van der Waals surface area contributed by atoms with E-state index in [1.807, 2.05) is 0 Å². The lowest BCUT2D eigenvalue weighted by molar-refractivity contribution is -0.173. The lowest BCUT2D eigenvalue weighted by Crippen LogP contribution is -2.30. The predicted molar refractivity (Wildman–Crippen MR) is 39.5 cm³/mol. The van der Waals surface area contributed by atoms with E-state index in [-0.39, 0.29) is 12.9 Å². The molecule has 1 atom stereocenters. The highest BCUT2D eigenvalue weighted by atomic mass is 16.7. The van der Waals surface area contributed by atoms with Gasteiger partial charge in [0.25, 0.3) is 5.91 Å². The number of amides is 1. The number of ether oxygens (including phenoxy) is 2. The van der Waals surface area contributed by atoms with Gasteiger partial charge in [-0.2, -0.15) is 0 Å². The summed E-state index contributed by atoms with van der Waals surface area (Å²) in [5.41, 5.74) is 1.49. The molecule has 12 heavy (non-hydrogen) atoms. The summed E-state index contributed by atoms with van der Waals surface area (Å²) in [6, 6.07) is 0. The van der Waals surface area contributed by atoms with Crippen molar-refractivity contribution in [3.8, 4) is 0 Å². The van der Waals surface area contributed by atoms with Crippen LogP contribution in [0.1, 0.15) is 19.3 Å². The monoisotopic (exact) mass is 175 g/mol. The van der Waals surface area contributed by atoms with Gasteiger partial charge in [0.05, 0.1) is 0 Å². The van der Waals surface area contributed by atoms with Crippen molar-refractivity contribution in [3.05, 3.63) is 0 Å². The van der Waals surface area contributed by atoms with E-state index < -0.39 is 5.91 Å². The molecule has 0 aromatic rings. The van der Waals surface area contributed by atoms with Gasteiger partial charge in [0.15, 0.2) is 6.29 Å². The summed E-state index contributed by atoms with van der Waals surface area (Å²) in [5, 5.41) is 8.14. The number of hydroxylamine groups is 1. The minimum atomic E-state index is -0.552. The van der Waals surface area contributed by atoms with Crippen LogP contribution in [-0.4, -0.2) is 30.6 Å². The molecule has 1 unspecified atom stereocenters. The van der Waals surface area contributed by atoms with Crippen molar-refractivity contribution < 1.29 is 19.5 Å². The molecular formula is C7H13NO4. The molecule has 0 bridgehead atoms. The van der Waals surface area contributed by atoms with E-state index in [0.717, 1.165) is 19.3 Å². The lowest BCUT2D eigenvalue weighted by Gasteiger charge is -2.21. The second-order valence-corrected chi connectivity index (χ2v) is 2.64. The highest BCUT2D eigenvalue weighted by Gasteiger charge is 2.14. The number of nitrogens with one attached hydrogen (secondary N) is 1. The number of hydrogen-bond donors (Lipinski definition) is 2. The third-order valence-corrected chi connectivity index (χ3v) is 1.66. The Morgan fingerprint density at radius 3 is 3.08 bits per heavy atom. The van der Waals surface area contributed by atoms with Crippen molar-refractivity contribution in [2.75, 3.05) is 13.2 Å². The van der Waals surface area contributed by atoms with E-state index in [1.165, 1.54) is 5.48 Å². The largest absolute Gasteiger partial charge is 0.353 e. The van der Waals surface area contributed by atoms with Crippen molar-refractivity contribution in [1.29, 1.82) is 0 Å². The summed E-state index contributed by atoms with van der Waals surface area (Å²) in [5.74, 6) is -0.552. The number of carbonyl (C=O) groups excluding carboxylic acids is 1. The van der Waals surface area contributed by atoms with Crippen LogP contribution in [0.4, 0.5) is 0 Å². The van der Waals surface area contributed by atoms with E-state index in [0.29, 0.717) is 6.61 Å². The minimum Gasteiger partial charge on any atom is -0.353 e. The predicted octanol–water partition coefficient (Wildman–Crippen LogP) is 0.0350. The Morgan fingerprint density at radius 2 is 2.50 bits per heavy atom. The molecule has 5 nitrogen and oxygen atoms in total. The van der Waals surface area contributed by atoms with Gasteiger partial charge in [0.2, 0.25) is 0 Å². The first-order chi connectivity index (χ1) is 5.83. The molecule has 1 heterocycles. The molecule has 70 valence electrons. The Hall–Kier alpha value is -0.650. The third kappa shape index (κ3) is 3.17. The van der Waals surface area contributed by atoms with Crippen LogP contribution in [0.2, 0.25) is 0 Å². The molecule has 5 heteroatoms. The number of hydrogen-bond acceptors (Lipinski definition) is 4. The second kappa shape index (κ2) is 5.08. The van der Waals surface area contributed by atoms with Gasteiger partial charge >= 0.3 is 0 Å². The van der Waals surface area contributed by atoms with Crippen LogP contribution in [0, 0.1) is 0 Å². The fourth-order valence-corrected chi connectivity index (χ4v) is 1.04. The van der Waals surface area contributed by atoms with E-state index in [1.54, 1.807) is 0 Å². The van der Waals surface area contributed by atoms with Gasteiger partial charge in [-0.25, -0.2) is 5.48 Å². The molecule has 1 rings (SSSR count). The molecule has 0 aromatic heterocycles. The minimum absolute atomic E-state index is 0.152. The van der Waals surface area contributed by atoms with Crippen LogP contribution in [-0.2, 0) is 14.3 Å².